The van der Waals surface area contributed by atoms with Crippen molar-refractivity contribution in [1.29, 1.82) is 0 Å². The molecule has 1 aliphatic carbocycles. The summed E-state index contributed by atoms with van der Waals surface area (Å²) in [6.45, 7) is 5.87. The smallest absolute Gasteiger partial charge is 0.233 e. The van der Waals surface area contributed by atoms with Gasteiger partial charge in [-0.2, -0.15) is 0 Å². The summed E-state index contributed by atoms with van der Waals surface area (Å²) in [5.74, 6) is 1.72. The van der Waals surface area contributed by atoms with Crippen LogP contribution in [0, 0.1) is 0 Å². The zero-order valence-corrected chi connectivity index (χ0v) is 18.0. The van der Waals surface area contributed by atoms with Crippen molar-refractivity contribution < 1.29 is 9.53 Å². The van der Waals surface area contributed by atoms with Crippen molar-refractivity contribution >= 4 is 17.7 Å². The number of hydrogen-bond acceptors (Lipinski definition) is 5. The molecule has 1 aromatic carbocycles. The second kappa shape index (κ2) is 9.45. The van der Waals surface area contributed by atoms with Gasteiger partial charge in [-0.05, 0) is 57.9 Å². The van der Waals surface area contributed by atoms with E-state index >= 15 is 0 Å². The molecule has 1 aromatic heterocycles. The Morgan fingerprint density at radius 2 is 1.82 bits per heavy atom. The maximum atomic E-state index is 12.4. The molecule has 1 aliphatic rings. The lowest BCUT2D eigenvalue weighted by Gasteiger charge is -2.26. The number of hydrogen-bond donors (Lipinski definition) is 1. The van der Waals surface area contributed by atoms with E-state index in [9.17, 15) is 4.79 Å². The molecule has 1 saturated carbocycles. The maximum Gasteiger partial charge on any atom is 0.233 e. The van der Waals surface area contributed by atoms with Crippen molar-refractivity contribution in [1.82, 2.24) is 20.1 Å². The summed E-state index contributed by atoms with van der Waals surface area (Å²) in [5, 5.41) is 12.6. The molecule has 1 atom stereocenters. The number of aromatic nitrogens is 3. The maximum absolute atomic E-state index is 12.4. The fraction of sp³-hybridized carbons (Fsp3) is 0.571. The first-order chi connectivity index (χ1) is 13.5. The number of carbonyl (C=O) groups excluding carboxylic acids is 1. The molecule has 2 aromatic rings. The van der Waals surface area contributed by atoms with E-state index in [2.05, 4.69) is 20.1 Å². The summed E-state index contributed by atoms with van der Waals surface area (Å²) >= 11 is 1.49. The van der Waals surface area contributed by atoms with Crippen LogP contribution in [0.2, 0.25) is 0 Å². The highest BCUT2D eigenvalue weighted by Gasteiger charge is 2.26. The number of benzene rings is 1. The molecule has 1 amide bonds. The molecule has 28 heavy (non-hydrogen) atoms. The third kappa shape index (κ3) is 4.87. The van der Waals surface area contributed by atoms with Gasteiger partial charge in [0, 0.05) is 17.6 Å². The van der Waals surface area contributed by atoms with Crippen molar-refractivity contribution in [3.63, 3.8) is 0 Å². The normalized spacial score (nSPS) is 16.2. The van der Waals surface area contributed by atoms with Crippen LogP contribution in [0.25, 0.3) is 11.4 Å². The average molecular weight is 403 g/mol. The van der Waals surface area contributed by atoms with Crippen LogP contribution in [0.3, 0.4) is 0 Å². The zero-order chi connectivity index (χ0) is 20.1. The van der Waals surface area contributed by atoms with Crippen LogP contribution in [0.1, 0.15) is 58.9 Å². The fourth-order valence-electron chi connectivity index (χ4n) is 3.58. The minimum Gasteiger partial charge on any atom is -0.497 e. The van der Waals surface area contributed by atoms with Crippen LogP contribution in [0.4, 0.5) is 0 Å². The van der Waals surface area contributed by atoms with Crippen LogP contribution < -0.4 is 10.1 Å². The molecule has 0 radical (unpaired) electrons. The number of ether oxygens (including phenoxy) is 1. The summed E-state index contributed by atoms with van der Waals surface area (Å²) in [7, 11) is 1.66. The lowest BCUT2D eigenvalue weighted by Crippen LogP contribution is -2.36. The van der Waals surface area contributed by atoms with Gasteiger partial charge in [-0.25, -0.2) is 0 Å². The SMILES string of the molecule is COc1ccc(-c2nnc(SC(C)C(=O)NC(C)C)n2C2CCCCC2)cc1. The first-order valence-electron chi connectivity index (χ1n) is 10.1. The van der Waals surface area contributed by atoms with E-state index in [-0.39, 0.29) is 17.2 Å². The molecule has 7 heteroatoms. The number of amides is 1. The van der Waals surface area contributed by atoms with Gasteiger partial charge in [0.2, 0.25) is 5.91 Å². The first-order valence-corrected chi connectivity index (χ1v) is 10.9. The van der Waals surface area contributed by atoms with Gasteiger partial charge in [0.15, 0.2) is 11.0 Å². The molecule has 1 heterocycles. The van der Waals surface area contributed by atoms with Crippen LogP contribution in [-0.2, 0) is 4.79 Å². The lowest BCUT2D eigenvalue weighted by molar-refractivity contribution is -0.120. The monoisotopic (exact) mass is 402 g/mol. The topological polar surface area (TPSA) is 69.0 Å². The van der Waals surface area contributed by atoms with E-state index in [1.807, 2.05) is 45.0 Å². The van der Waals surface area contributed by atoms with Crippen molar-refractivity contribution in [2.24, 2.45) is 0 Å². The molecule has 0 spiro atoms. The highest BCUT2D eigenvalue weighted by Crippen LogP contribution is 2.36. The Bertz CT molecular complexity index is 782. The van der Waals surface area contributed by atoms with Crippen LogP contribution in [0.5, 0.6) is 5.75 Å². The van der Waals surface area contributed by atoms with Gasteiger partial charge < -0.3 is 10.1 Å². The molecule has 1 fully saturated rings. The summed E-state index contributed by atoms with van der Waals surface area (Å²) in [5.41, 5.74) is 1.02. The molecule has 0 bridgehead atoms. The van der Waals surface area contributed by atoms with E-state index < -0.39 is 0 Å². The van der Waals surface area contributed by atoms with Gasteiger partial charge in [-0.3, -0.25) is 9.36 Å². The first kappa shape index (κ1) is 20.7. The van der Waals surface area contributed by atoms with E-state index in [1.165, 1.54) is 31.0 Å². The number of thioether (sulfide) groups is 1. The van der Waals surface area contributed by atoms with Crippen LogP contribution in [-0.4, -0.2) is 39.1 Å². The van der Waals surface area contributed by atoms with Gasteiger partial charge >= 0.3 is 0 Å². The van der Waals surface area contributed by atoms with Gasteiger partial charge in [0.1, 0.15) is 5.75 Å². The van der Waals surface area contributed by atoms with E-state index in [1.54, 1.807) is 7.11 Å². The summed E-state index contributed by atoms with van der Waals surface area (Å²) in [6, 6.07) is 8.43. The van der Waals surface area contributed by atoms with Gasteiger partial charge in [0.25, 0.3) is 0 Å². The Kier molecular flexibility index (Phi) is 6.99. The Labute approximate surface area is 171 Å². The van der Waals surface area contributed by atoms with Crippen molar-refractivity contribution in [2.45, 2.75) is 75.4 Å². The second-order valence-corrected chi connectivity index (χ2v) is 8.93. The molecule has 152 valence electrons. The van der Waals surface area contributed by atoms with Crippen molar-refractivity contribution in [3.8, 4) is 17.1 Å². The minimum atomic E-state index is -0.224. The number of nitrogens with zero attached hydrogens (tertiary/aromatic N) is 3. The molecular weight excluding hydrogens is 372 g/mol. The molecule has 0 aliphatic heterocycles. The molecule has 0 saturated heterocycles. The number of rotatable bonds is 7. The molecule has 3 rings (SSSR count). The Morgan fingerprint density at radius 3 is 2.43 bits per heavy atom. The molecule has 1 unspecified atom stereocenters. The quantitative estimate of drug-likeness (QED) is 0.692. The van der Waals surface area contributed by atoms with Gasteiger partial charge in [0.05, 0.1) is 12.4 Å². The van der Waals surface area contributed by atoms with Gasteiger partial charge in [-0.1, -0.05) is 31.0 Å². The Balaban J connectivity index is 1.91. The van der Waals surface area contributed by atoms with Crippen LogP contribution in [0.15, 0.2) is 29.4 Å². The predicted molar refractivity (Wildman–Crippen MR) is 113 cm³/mol. The molecule has 6 nitrogen and oxygen atoms in total. The lowest BCUT2D eigenvalue weighted by atomic mass is 9.95. The Morgan fingerprint density at radius 1 is 1.14 bits per heavy atom. The van der Waals surface area contributed by atoms with E-state index in [0.717, 1.165) is 35.1 Å². The highest BCUT2D eigenvalue weighted by atomic mass is 32.2. The second-order valence-electron chi connectivity index (χ2n) is 7.62. The van der Waals surface area contributed by atoms with Gasteiger partial charge in [-0.15, -0.1) is 10.2 Å². The van der Waals surface area contributed by atoms with Crippen molar-refractivity contribution in [2.75, 3.05) is 7.11 Å². The largest absolute Gasteiger partial charge is 0.497 e. The minimum absolute atomic E-state index is 0.0317. The standard InChI is InChI=1S/C21H30N4O2S/c1-14(2)22-20(26)15(3)28-21-24-23-19(16-10-12-18(27-4)13-11-16)25(21)17-8-6-5-7-9-17/h10-15,17H,5-9H2,1-4H3,(H,22,26). The Hall–Kier alpha value is -2.02. The van der Waals surface area contributed by atoms with E-state index in [4.69, 9.17) is 4.74 Å². The summed E-state index contributed by atoms with van der Waals surface area (Å²) in [6.07, 6.45) is 5.98. The fourth-order valence-corrected chi connectivity index (χ4v) is 4.50. The predicted octanol–water partition coefficient (Wildman–Crippen LogP) is 4.46. The average Bonchev–Trinajstić information content (AvgIpc) is 3.11. The highest BCUT2D eigenvalue weighted by molar-refractivity contribution is 8.00. The van der Waals surface area contributed by atoms with Crippen molar-refractivity contribution in [3.05, 3.63) is 24.3 Å². The van der Waals surface area contributed by atoms with E-state index in [0.29, 0.717) is 6.04 Å². The summed E-state index contributed by atoms with van der Waals surface area (Å²) < 4.78 is 7.53. The third-order valence-corrected chi connectivity index (χ3v) is 6.09. The van der Waals surface area contributed by atoms with Crippen LogP contribution >= 0.6 is 11.8 Å². The summed E-state index contributed by atoms with van der Waals surface area (Å²) in [4.78, 5) is 12.4. The zero-order valence-electron chi connectivity index (χ0n) is 17.1. The molecular formula is C21H30N4O2S. The molecule has 1 N–H and O–H groups in total. The third-order valence-electron chi connectivity index (χ3n) is 5.03. The number of methoxy groups -OCH3 is 1. The number of nitrogens with one attached hydrogen (secondary N) is 1. The number of carbonyl (C=O) groups is 1.